The summed E-state index contributed by atoms with van der Waals surface area (Å²) in [5, 5.41) is 0. The minimum Gasteiger partial charge on any atom is -0.376 e. The van der Waals surface area contributed by atoms with E-state index in [1.807, 2.05) is 30.5 Å². The molecule has 0 amide bonds. The van der Waals surface area contributed by atoms with Gasteiger partial charge in [-0.3, -0.25) is 9.88 Å². The molecule has 0 radical (unpaired) electrons. The van der Waals surface area contributed by atoms with Gasteiger partial charge in [-0.1, -0.05) is 18.2 Å². The third-order valence-corrected chi connectivity index (χ3v) is 5.46. The Morgan fingerprint density at radius 2 is 2.04 bits per heavy atom. The fraction of sp³-hybridized carbons (Fsp3) is 0.476. The van der Waals surface area contributed by atoms with Gasteiger partial charge in [0, 0.05) is 37.4 Å². The number of hydrogen-bond donors (Lipinski definition) is 0. The number of halogens is 1. The Morgan fingerprint density at radius 3 is 2.85 bits per heavy atom. The van der Waals surface area contributed by atoms with Gasteiger partial charge in [0.05, 0.1) is 25.9 Å². The van der Waals surface area contributed by atoms with Gasteiger partial charge in [-0.05, 0) is 42.2 Å². The first kappa shape index (κ1) is 17.6. The summed E-state index contributed by atoms with van der Waals surface area (Å²) in [5.41, 5.74) is 2.26. The second kappa shape index (κ2) is 8.25. The van der Waals surface area contributed by atoms with Crippen molar-refractivity contribution in [3.63, 3.8) is 0 Å². The van der Waals surface area contributed by atoms with E-state index in [0.29, 0.717) is 18.6 Å². The van der Waals surface area contributed by atoms with Crippen molar-refractivity contribution in [1.82, 2.24) is 9.88 Å². The smallest absolute Gasteiger partial charge is 0.123 e. The molecule has 3 atom stereocenters. The Bertz CT molecular complexity index is 695. The molecule has 1 aliphatic heterocycles. The van der Waals surface area contributed by atoms with Crippen LogP contribution in [-0.2, 0) is 22.6 Å². The Kier molecular flexibility index (Phi) is 5.58. The monoisotopic (exact) mass is 356 g/mol. The number of benzene rings is 1. The van der Waals surface area contributed by atoms with E-state index in [4.69, 9.17) is 9.47 Å². The van der Waals surface area contributed by atoms with Crippen LogP contribution in [0.25, 0.3) is 0 Å². The molecule has 2 heterocycles. The molecule has 4 rings (SSSR count). The van der Waals surface area contributed by atoms with E-state index in [0.717, 1.165) is 50.3 Å². The summed E-state index contributed by atoms with van der Waals surface area (Å²) >= 11 is 0. The zero-order chi connectivity index (χ0) is 17.8. The summed E-state index contributed by atoms with van der Waals surface area (Å²) in [6.07, 6.45) is 6.11. The molecule has 138 valence electrons. The highest BCUT2D eigenvalue weighted by atomic mass is 19.1. The second-order valence-electron chi connectivity index (χ2n) is 7.21. The highest BCUT2D eigenvalue weighted by Crippen LogP contribution is 2.35. The predicted octanol–water partition coefficient (Wildman–Crippen LogP) is 3.42. The molecule has 2 aliphatic rings. The molecule has 26 heavy (non-hydrogen) atoms. The van der Waals surface area contributed by atoms with E-state index in [1.165, 1.54) is 12.1 Å². The Labute approximate surface area is 153 Å². The number of ether oxygens (including phenoxy) is 2. The maximum absolute atomic E-state index is 13.1. The molecule has 1 aromatic heterocycles. The summed E-state index contributed by atoms with van der Waals surface area (Å²) in [6.45, 7) is 3.86. The van der Waals surface area contributed by atoms with E-state index in [-0.39, 0.29) is 11.9 Å². The summed E-state index contributed by atoms with van der Waals surface area (Å²) in [7, 11) is 0. The quantitative estimate of drug-likeness (QED) is 0.794. The normalized spacial score (nSPS) is 26.0. The zero-order valence-electron chi connectivity index (χ0n) is 14.9. The van der Waals surface area contributed by atoms with Crippen molar-refractivity contribution in [3.05, 3.63) is 65.7 Å². The van der Waals surface area contributed by atoms with Gasteiger partial charge in [0.15, 0.2) is 0 Å². The van der Waals surface area contributed by atoms with E-state index in [2.05, 4.69) is 9.88 Å². The van der Waals surface area contributed by atoms with Gasteiger partial charge in [0.2, 0.25) is 0 Å². The molecule has 4 nitrogen and oxygen atoms in total. The summed E-state index contributed by atoms with van der Waals surface area (Å²) in [4.78, 5) is 6.61. The number of hydrogen-bond acceptors (Lipinski definition) is 4. The van der Waals surface area contributed by atoms with Crippen molar-refractivity contribution in [3.8, 4) is 0 Å². The topological polar surface area (TPSA) is 34.6 Å². The second-order valence-corrected chi connectivity index (χ2v) is 7.21. The Morgan fingerprint density at radius 1 is 1.15 bits per heavy atom. The van der Waals surface area contributed by atoms with Gasteiger partial charge in [-0.2, -0.15) is 0 Å². The maximum Gasteiger partial charge on any atom is 0.123 e. The largest absolute Gasteiger partial charge is 0.376 e. The molecule has 0 unspecified atom stereocenters. The SMILES string of the molecule is Fc1ccc(CN2CCO[C@@H]3[C@H](COCc4cccnc4)CC[C@@H]32)cc1. The van der Waals surface area contributed by atoms with Crippen LogP contribution in [-0.4, -0.2) is 41.8 Å². The highest BCUT2D eigenvalue weighted by Gasteiger charge is 2.42. The minimum atomic E-state index is -0.180. The van der Waals surface area contributed by atoms with Crippen molar-refractivity contribution in [2.24, 2.45) is 5.92 Å². The summed E-state index contributed by atoms with van der Waals surface area (Å²) < 4.78 is 25.2. The van der Waals surface area contributed by atoms with Crippen LogP contribution in [0.4, 0.5) is 4.39 Å². The Hall–Kier alpha value is -1.82. The molecule has 0 bridgehead atoms. The lowest BCUT2D eigenvalue weighted by Gasteiger charge is -2.39. The van der Waals surface area contributed by atoms with Crippen molar-refractivity contribution in [2.75, 3.05) is 19.8 Å². The lowest BCUT2D eigenvalue weighted by atomic mass is 10.0. The van der Waals surface area contributed by atoms with Crippen LogP contribution in [0.3, 0.4) is 0 Å². The lowest BCUT2D eigenvalue weighted by Crippen LogP contribution is -2.50. The summed E-state index contributed by atoms with van der Waals surface area (Å²) in [5.74, 6) is 0.257. The molecular weight excluding hydrogens is 331 g/mol. The predicted molar refractivity (Wildman–Crippen MR) is 97.0 cm³/mol. The first-order valence-corrected chi connectivity index (χ1v) is 9.36. The average molecular weight is 356 g/mol. The van der Waals surface area contributed by atoms with Crippen LogP contribution in [0.5, 0.6) is 0 Å². The van der Waals surface area contributed by atoms with E-state index >= 15 is 0 Å². The number of aromatic nitrogens is 1. The molecule has 1 saturated heterocycles. The average Bonchev–Trinajstić information content (AvgIpc) is 3.09. The van der Waals surface area contributed by atoms with Crippen LogP contribution < -0.4 is 0 Å². The molecule has 1 aliphatic carbocycles. The third-order valence-electron chi connectivity index (χ3n) is 5.46. The molecule has 1 saturated carbocycles. The molecule has 0 N–H and O–H groups in total. The standard InChI is InChI=1S/C21H25FN2O2/c22-19-6-3-16(4-7-19)13-24-10-11-26-21-18(5-8-20(21)24)15-25-14-17-2-1-9-23-12-17/h1-4,6-7,9,12,18,20-21H,5,8,10-11,13-15H2/t18-,20-,21+/m0/s1. The fourth-order valence-electron chi connectivity index (χ4n) is 4.15. The number of nitrogens with zero attached hydrogens (tertiary/aromatic N) is 2. The summed E-state index contributed by atoms with van der Waals surface area (Å²) in [6, 6.07) is 11.2. The molecular formula is C21H25FN2O2. The first-order chi connectivity index (χ1) is 12.8. The first-order valence-electron chi connectivity index (χ1n) is 9.36. The Balaban J connectivity index is 1.31. The van der Waals surface area contributed by atoms with Crippen molar-refractivity contribution in [2.45, 2.75) is 38.1 Å². The van der Waals surface area contributed by atoms with Crippen LogP contribution in [0.1, 0.15) is 24.0 Å². The van der Waals surface area contributed by atoms with E-state index < -0.39 is 0 Å². The molecule has 5 heteroatoms. The minimum absolute atomic E-state index is 0.180. The molecule has 2 aromatic rings. The van der Waals surface area contributed by atoms with Crippen molar-refractivity contribution in [1.29, 1.82) is 0 Å². The number of rotatable bonds is 6. The van der Waals surface area contributed by atoms with Gasteiger partial charge in [-0.25, -0.2) is 4.39 Å². The molecule has 1 aromatic carbocycles. The van der Waals surface area contributed by atoms with Crippen LogP contribution in [0.15, 0.2) is 48.8 Å². The molecule has 2 fully saturated rings. The van der Waals surface area contributed by atoms with Gasteiger partial charge in [-0.15, -0.1) is 0 Å². The number of morpholine rings is 1. The van der Waals surface area contributed by atoms with Gasteiger partial charge < -0.3 is 9.47 Å². The highest BCUT2D eigenvalue weighted by molar-refractivity contribution is 5.16. The fourth-order valence-corrected chi connectivity index (χ4v) is 4.15. The van der Waals surface area contributed by atoms with Crippen LogP contribution >= 0.6 is 0 Å². The van der Waals surface area contributed by atoms with E-state index in [9.17, 15) is 4.39 Å². The van der Waals surface area contributed by atoms with Gasteiger partial charge in [0.1, 0.15) is 5.82 Å². The van der Waals surface area contributed by atoms with Crippen molar-refractivity contribution >= 4 is 0 Å². The number of fused-ring (bicyclic) bond motifs is 1. The van der Waals surface area contributed by atoms with E-state index in [1.54, 1.807) is 6.20 Å². The maximum atomic E-state index is 13.1. The van der Waals surface area contributed by atoms with Gasteiger partial charge >= 0.3 is 0 Å². The van der Waals surface area contributed by atoms with Crippen molar-refractivity contribution < 1.29 is 13.9 Å². The zero-order valence-corrected chi connectivity index (χ0v) is 14.9. The third kappa shape index (κ3) is 4.11. The van der Waals surface area contributed by atoms with Gasteiger partial charge in [0.25, 0.3) is 0 Å². The number of pyridine rings is 1. The van der Waals surface area contributed by atoms with Crippen LogP contribution in [0.2, 0.25) is 0 Å². The molecule has 0 spiro atoms. The lowest BCUT2D eigenvalue weighted by molar-refractivity contribution is -0.0891. The van der Waals surface area contributed by atoms with Crippen LogP contribution in [0, 0.1) is 11.7 Å².